The van der Waals surface area contributed by atoms with Crippen molar-refractivity contribution in [1.82, 2.24) is 9.88 Å². The molecule has 0 radical (unpaired) electrons. The molecule has 0 unspecified atom stereocenters. The molecule has 4 heteroatoms. The number of halogens is 1. The molecule has 124 valence electrons. The van der Waals surface area contributed by atoms with Crippen molar-refractivity contribution in [1.29, 1.82) is 0 Å². The van der Waals surface area contributed by atoms with Crippen molar-refractivity contribution in [3.05, 3.63) is 71.7 Å². The molecule has 1 amide bonds. The van der Waals surface area contributed by atoms with E-state index in [0.717, 1.165) is 22.0 Å². The molecule has 0 aliphatic rings. The zero-order valence-electron chi connectivity index (χ0n) is 14.1. The lowest BCUT2D eigenvalue weighted by atomic mass is 9.83. The van der Waals surface area contributed by atoms with Crippen LogP contribution in [0.25, 0.3) is 10.9 Å². The predicted octanol–water partition coefficient (Wildman–Crippen LogP) is 4.24. The van der Waals surface area contributed by atoms with Gasteiger partial charge < -0.3 is 9.88 Å². The summed E-state index contributed by atoms with van der Waals surface area (Å²) in [4.78, 5) is 17.9. The molecular formula is C20H21FN2O. The number of nitrogens with zero attached hydrogens (tertiary/aromatic N) is 1. The van der Waals surface area contributed by atoms with Crippen LogP contribution in [0, 0.1) is 5.82 Å². The smallest absolute Gasteiger partial charge is 0.232 e. The quantitative estimate of drug-likeness (QED) is 0.765. The zero-order valence-corrected chi connectivity index (χ0v) is 14.1. The topological polar surface area (TPSA) is 36.1 Å². The molecule has 3 rings (SSSR count). The molecule has 0 saturated heterocycles. The second-order valence-electron chi connectivity index (χ2n) is 6.66. The van der Waals surface area contributed by atoms with Crippen LogP contribution in [0.15, 0.2) is 54.7 Å². The Morgan fingerprint density at radius 2 is 1.88 bits per heavy atom. The number of nitrogens with one attached hydrogen (secondary N) is 1. The van der Waals surface area contributed by atoms with Gasteiger partial charge in [0.05, 0.1) is 5.41 Å². The van der Waals surface area contributed by atoms with Gasteiger partial charge in [0.1, 0.15) is 5.82 Å². The lowest BCUT2D eigenvalue weighted by molar-refractivity contribution is -0.135. The fourth-order valence-electron chi connectivity index (χ4n) is 3.13. The van der Waals surface area contributed by atoms with E-state index in [1.54, 1.807) is 24.2 Å². The van der Waals surface area contributed by atoms with Gasteiger partial charge in [-0.3, -0.25) is 4.79 Å². The van der Waals surface area contributed by atoms with Gasteiger partial charge >= 0.3 is 0 Å². The van der Waals surface area contributed by atoms with Crippen LogP contribution in [0.5, 0.6) is 0 Å². The van der Waals surface area contributed by atoms with E-state index >= 15 is 0 Å². The Kier molecular flexibility index (Phi) is 4.14. The van der Waals surface area contributed by atoms with E-state index < -0.39 is 5.41 Å². The molecule has 0 aliphatic carbocycles. The van der Waals surface area contributed by atoms with Crippen molar-refractivity contribution in [2.24, 2.45) is 0 Å². The lowest BCUT2D eigenvalue weighted by Gasteiger charge is -2.29. The van der Waals surface area contributed by atoms with Gasteiger partial charge in [-0.05, 0) is 43.2 Å². The van der Waals surface area contributed by atoms with Crippen molar-refractivity contribution in [2.75, 3.05) is 7.05 Å². The second-order valence-corrected chi connectivity index (χ2v) is 6.66. The summed E-state index contributed by atoms with van der Waals surface area (Å²) in [6, 6.07) is 14.5. The van der Waals surface area contributed by atoms with Gasteiger partial charge in [-0.25, -0.2) is 4.39 Å². The van der Waals surface area contributed by atoms with Crippen molar-refractivity contribution in [3.63, 3.8) is 0 Å². The van der Waals surface area contributed by atoms with E-state index in [2.05, 4.69) is 4.98 Å². The molecule has 0 aliphatic heterocycles. The highest BCUT2D eigenvalue weighted by Crippen LogP contribution is 2.32. The van der Waals surface area contributed by atoms with Gasteiger partial charge in [0.25, 0.3) is 0 Å². The van der Waals surface area contributed by atoms with E-state index in [0.29, 0.717) is 6.54 Å². The molecule has 3 nitrogen and oxygen atoms in total. The first-order valence-electron chi connectivity index (χ1n) is 7.96. The molecule has 1 aromatic heterocycles. The highest BCUT2D eigenvalue weighted by atomic mass is 19.1. The van der Waals surface area contributed by atoms with E-state index in [9.17, 15) is 9.18 Å². The first-order valence-corrected chi connectivity index (χ1v) is 7.96. The third-order valence-corrected chi connectivity index (χ3v) is 4.46. The van der Waals surface area contributed by atoms with Crippen molar-refractivity contribution in [3.8, 4) is 0 Å². The largest absolute Gasteiger partial charge is 0.361 e. The van der Waals surface area contributed by atoms with Crippen LogP contribution in [0.2, 0.25) is 0 Å². The van der Waals surface area contributed by atoms with Crippen LogP contribution < -0.4 is 0 Å². The summed E-state index contributed by atoms with van der Waals surface area (Å²) >= 11 is 0. The minimum Gasteiger partial charge on any atom is -0.361 e. The first-order chi connectivity index (χ1) is 11.4. The summed E-state index contributed by atoms with van der Waals surface area (Å²) in [6.07, 6.45) is 1.80. The Bertz CT molecular complexity index is 868. The number of rotatable bonds is 4. The summed E-state index contributed by atoms with van der Waals surface area (Å²) in [6.45, 7) is 4.30. The minimum absolute atomic E-state index is 0.00323. The van der Waals surface area contributed by atoms with Gasteiger partial charge in [-0.1, -0.05) is 30.3 Å². The highest BCUT2D eigenvalue weighted by Gasteiger charge is 2.34. The Hall–Kier alpha value is -2.62. The minimum atomic E-state index is -0.754. The number of carbonyl (C=O) groups is 1. The van der Waals surface area contributed by atoms with Crippen LogP contribution in [-0.2, 0) is 16.8 Å². The summed E-state index contributed by atoms with van der Waals surface area (Å²) < 4.78 is 13.6. The maximum absolute atomic E-state index is 13.6. The number of carbonyl (C=O) groups excluding carboxylic acids is 1. The molecule has 0 fully saturated rings. The summed E-state index contributed by atoms with van der Waals surface area (Å²) in [7, 11) is 1.80. The number of fused-ring (bicyclic) bond motifs is 1. The van der Waals surface area contributed by atoms with Crippen LogP contribution in [-0.4, -0.2) is 22.8 Å². The third kappa shape index (κ3) is 2.92. The molecular weight excluding hydrogens is 303 g/mol. The van der Waals surface area contributed by atoms with Gasteiger partial charge in [-0.15, -0.1) is 0 Å². The predicted molar refractivity (Wildman–Crippen MR) is 94.2 cm³/mol. The average Bonchev–Trinajstić information content (AvgIpc) is 2.98. The summed E-state index contributed by atoms with van der Waals surface area (Å²) in [5.41, 5.74) is 1.96. The Morgan fingerprint density at radius 3 is 2.58 bits per heavy atom. The van der Waals surface area contributed by atoms with Crippen LogP contribution in [0.3, 0.4) is 0 Å². The van der Waals surface area contributed by atoms with Crippen LogP contribution in [0.1, 0.15) is 25.0 Å². The number of aromatic nitrogens is 1. The number of hydrogen-bond donors (Lipinski definition) is 1. The third-order valence-electron chi connectivity index (χ3n) is 4.46. The average molecular weight is 324 g/mol. The molecule has 3 aromatic rings. The van der Waals surface area contributed by atoms with Crippen LogP contribution in [0.4, 0.5) is 4.39 Å². The monoisotopic (exact) mass is 324 g/mol. The first kappa shape index (κ1) is 16.2. The maximum Gasteiger partial charge on any atom is 0.232 e. The highest BCUT2D eigenvalue weighted by molar-refractivity contribution is 5.94. The van der Waals surface area contributed by atoms with Gasteiger partial charge in [0.2, 0.25) is 5.91 Å². The van der Waals surface area contributed by atoms with E-state index in [1.165, 1.54) is 12.1 Å². The van der Waals surface area contributed by atoms with Crippen molar-refractivity contribution in [2.45, 2.75) is 25.8 Å². The molecule has 0 bridgehead atoms. The number of benzene rings is 2. The zero-order chi connectivity index (χ0) is 17.3. The van der Waals surface area contributed by atoms with Crippen molar-refractivity contribution >= 4 is 16.8 Å². The Morgan fingerprint density at radius 1 is 1.17 bits per heavy atom. The van der Waals surface area contributed by atoms with Gasteiger partial charge in [-0.2, -0.15) is 0 Å². The maximum atomic E-state index is 13.6. The molecule has 1 heterocycles. The molecule has 0 atom stereocenters. The molecule has 0 spiro atoms. The number of hydrogen-bond acceptors (Lipinski definition) is 1. The Labute approximate surface area is 141 Å². The molecule has 24 heavy (non-hydrogen) atoms. The normalized spacial score (nSPS) is 11.7. The fourth-order valence-corrected chi connectivity index (χ4v) is 3.13. The lowest BCUT2D eigenvalue weighted by Crippen LogP contribution is -2.40. The van der Waals surface area contributed by atoms with Crippen LogP contribution >= 0.6 is 0 Å². The van der Waals surface area contributed by atoms with Crippen molar-refractivity contribution < 1.29 is 9.18 Å². The Balaban J connectivity index is 1.90. The summed E-state index contributed by atoms with van der Waals surface area (Å²) in [5.74, 6) is -0.305. The number of H-pyrrole nitrogens is 1. The molecule has 0 saturated carbocycles. The number of likely N-dealkylation sites (N-methyl/N-ethyl adjacent to an activating group) is 1. The molecule has 2 aromatic carbocycles. The van der Waals surface area contributed by atoms with Gasteiger partial charge in [0, 0.05) is 30.7 Å². The fraction of sp³-hybridized carbons (Fsp3) is 0.250. The number of amides is 1. The van der Waals surface area contributed by atoms with E-state index in [-0.39, 0.29) is 11.7 Å². The van der Waals surface area contributed by atoms with E-state index in [1.807, 2.05) is 44.2 Å². The standard InChI is InChI=1S/C20H21FN2O/c1-20(2,17-12-22-18-10-9-15(21)11-16(17)18)19(24)23(3)13-14-7-5-4-6-8-14/h4-12,22H,13H2,1-3H3. The van der Waals surface area contributed by atoms with Gasteiger partial charge in [0.15, 0.2) is 0 Å². The SMILES string of the molecule is CN(Cc1ccccc1)C(=O)C(C)(C)c1c[nH]c2ccc(F)cc12. The number of aromatic amines is 1. The second kappa shape index (κ2) is 6.11. The molecule has 1 N–H and O–H groups in total. The van der Waals surface area contributed by atoms with E-state index in [4.69, 9.17) is 0 Å². The summed E-state index contributed by atoms with van der Waals surface area (Å²) in [5, 5.41) is 0.751.